The van der Waals surface area contributed by atoms with Gasteiger partial charge in [0.05, 0.1) is 12.2 Å². The Morgan fingerprint density at radius 1 is 1.14 bits per heavy atom. The summed E-state index contributed by atoms with van der Waals surface area (Å²) in [5.74, 6) is 0. The Labute approximate surface area is 127 Å². The topological polar surface area (TPSA) is 61.6 Å². The van der Waals surface area contributed by atoms with Gasteiger partial charge in [-0.05, 0) is 55.7 Å². The molecule has 108 valence electrons. The Balaban J connectivity index is 2.11. The Morgan fingerprint density at radius 3 is 2.59 bits per heavy atom. The minimum absolute atomic E-state index is 0.195. The van der Waals surface area contributed by atoms with Crippen LogP contribution in [0.2, 0.25) is 0 Å². The molecule has 2 aromatic heterocycles. The first-order chi connectivity index (χ1) is 10.5. The molecule has 1 aliphatic heterocycles. The Morgan fingerprint density at radius 2 is 1.86 bits per heavy atom. The second-order valence-electron chi connectivity index (χ2n) is 6.05. The second-order valence-corrected chi connectivity index (χ2v) is 6.05. The van der Waals surface area contributed by atoms with E-state index < -0.39 is 0 Å². The molecular weight excluding hydrogens is 274 g/mol. The van der Waals surface area contributed by atoms with Crippen molar-refractivity contribution in [2.45, 2.75) is 27.3 Å². The number of hydrogen-bond donors (Lipinski definition) is 1. The van der Waals surface area contributed by atoms with Crippen LogP contribution in [-0.2, 0) is 6.54 Å². The number of nitrogens with zero attached hydrogens (tertiary/aromatic N) is 2. The zero-order chi connectivity index (χ0) is 15.6. The maximum atomic E-state index is 12.5. The average Bonchev–Trinajstić information content (AvgIpc) is 2.97. The summed E-state index contributed by atoms with van der Waals surface area (Å²) in [5.41, 5.74) is 7.43. The molecule has 0 atom stereocenters. The molecule has 4 rings (SSSR count). The van der Waals surface area contributed by atoms with Crippen molar-refractivity contribution >= 4 is 10.9 Å². The highest BCUT2D eigenvalue weighted by atomic mass is 16.1. The molecule has 0 fully saturated rings. The van der Waals surface area contributed by atoms with E-state index in [9.17, 15) is 4.79 Å². The van der Waals surface area contributed by atoms with E-state index in [1.54, 1.807) is 4.57 Å². The smallest absolute Gasteiger partial charge is 0.269 e. The molecule has 1 N–H and O–H groups in total. The highest BCUT2D eigenvalue weighted by molar-refractivity contribution is 5.98. The molecule has 3 aromatic rings. The third-order valence-electron chi connectivity index (χ3n) is 4.67. The monoisotopic (exact) mass is 289 g/mol. The van der Waals surface area contributed by atoms with E-state index in [1.165, 1.54) is 11.1 Å². The van der Waals surface area contributed by atoms with E-state index in [-0.39, 0.29) is 11.1 Å². The van der Waals surface area contributed by atoms with Crippen molar-refractivity contribution in [2.75, 3.05) is 0 Å². The van der Waals surface area contributed by atoms with Crippen LogP contribution >= 0.6 is 0 Å². The van der Waals surface area contributed by atoms with Crippen LogP contribution in [0.15, 0.2) is 23.0 Å². The van der Waals surface area contributed by atoms with Crippen molar-refractivity contribution in [3.8, 4) is 17.3 Å². The summed E-state index contributed by atoms with van der Waals surface area (Å²) in [6.45, 7) is 6.52. The molecule has 0 spiro atoms. The van der Waals surface area contributed by atoms with Crippen molar-refractivity contribution in [1.29, 1.82) is 5.26 Å². The molecule has 4 nitrogen and oxygen atoms in total. The minimum atomic E-state index is -0.195. The van der Waals surface area contributed by atoms with Gasteiger partial charge in [-0.15, -0.1) is 0 Å². The number of fused-ring (bicyclic) bond motifs is 5. The number of aryl methyl sites for hydroxylation is 3. The van der Waals surface area contributed by atoms with Crippen LogP contribution < -0.4 is 5.56 Å². The van der Waals surface area contributed by atoms with Crippen LogP contribution in [0.5, 0.6) is 0 Å². The zero-order valence-corrected chi connectivity index (χ0v) is 12.7. The summed E-state index contributed by atoms with van der Waals surface area (Å²) in [6, 6.07) is 8.30. The molecule has 4 heteroatoms. The van der Waals surface area contributed by atoms with Gasteiger partial charge >= 0.3 is 0 Å². The van der Waals surface area contributed by atoms with Crippen LogP contribution in [0.25, 0.3) is 22.2 Å². The van der Waals surface area contributed by atoms with Crippen LogP contribution in [0.4, 0.5) is 0 Å². The normalized spacial score (nSPS) is 12.3. The lowest BCUT2D eigenvalue weighted by molar-refractivity contribution is 0.783. The minimum Gasteiger partial charge on any atom is -0.356 e. The van der Waals surface area contributed by atoms with E-state index >= 15 is 0 Å². The number of aromatic amines is 1. The van der Waals surface area contributed by atoms with Gasteiger partial charge in [0.2, 0.25) is 0 Å². The lowest BCUT2D eigenvalue weighted by atomic mass is 10.0. The molecule has 0 saturated heterocycles. The summed E-state index contributed by atoms with van der Waals surface area (Å²) in [5, 5.41) is 10.3. The van der Waals surface area contributed by atoms with Gasteiger partial charge in [0, 0.05) is 22.2 Å². The van der Waals surface area contributed by atoms with E-state index in [0.717, 1.165) is 33.4 Å². The lowest BCUT2D eigenvalue weighted by Gasteiger charge is -2.08. The predicted octanol–water partition coefficient (Wildman–Crippen LogP) is 3.16. The molecule has 0 bridgehead atoms. The highest BCUT2D eigenvalue weighted by Gasteiger charge is 2.26. The molecule has 0 aliphatic carbocycles. The van der Waals surface area contributed by atoms with Gasteiger partial charge in [-0.1, -0.05) is 0 Å². The molecule has 0 radical (unpaired) electrons. The summed E-state index contributed by atoms with van der Waals surface area (Å²) in [4.78, 5) is 15.9. The summed E-state index contributed by atoms with van der Waals surface area (Å²) in [7, 11) is 0. The van der Waals surface area contributed by atoms with Gasteiger partial charge < -0.3 is 9.55 Å². The predicted molar refractivity (Wildman–Crippen MR) is 86.0 cm³/mol. The number of nitrogens with one attached hydrogen (secondary N) is 1. The number of H-pyrrole nitrogens is 1. The van der Waals surface area contributed by atoms with E-state index in [1.807, 2.05) is 19.1 Å². The SMILES string of the molecule is Cc1cc2[nH]c3c(c2cc1C)-c1cc(C)c(C#N)c(=O)n1C3. The lowest BCUT2D eigenvalue weighted by Crippen LogP contribution is -2.22. The zero-order valence-electron chi connectivity index (χ0n) is 12.7. The van der Waals surface area contributed by atoms with Crippen molar-refractivity contribution in [3.63, 3.8) is 0 Å². The molecule has 0 saturated carbocycles. The number of nitriles is 1. The summed E-state index contributed by atoms with van der Waals surface area (Å²) in [6.07, 6.45) is 0. The van der Waals surface area contributed by atoms with E-state index in [0.29, 0.717) is 6.54 Å². The highest BCUT2D eigenvalue weighted by Crippen LogP contribution is 2.38. The van der Waals surface area contributed by atoms with Crippen LogP contribution in [0, 0.1) is 32.1 Å². The van der Waals surface area contributed by atoms with Crippen LogP contribution in [0.3, 0.4) is 0 Å². The Hall–Kier alpha value is -2.80. The first-order valence-corrected chi connectivity index (χ1v) is 7.28. The maximum absolute atomic E-state index is 12.5. The van der Waals surface area contributed by atoms with Gasteiger partial charge in [0.25, 0.3) is 5.56 Å². The molecule has 0 amide bonds. The fraction of sp³-hybridized carbons (Fsp3) is 0.222. The maximum Gasteiger partial charge on any atom is 0.269 e. The third-order valence-corrected chi connectivity index (χ3v) is 4.67. The van der Waals surface area contributed by atoms with Crippen molar-refractivity contribution in [1.82, 2.24) is 9.55 Å². The first-order valence-electron chi connectivity index (χ1n) is 7.28. The number of aromatic nitrogens is 2. The van der Waals surface area contributed by atoms with E-state index in [4.69, 9.17) is 5.26 Å². The Kier molecular flexibility index (Phi) is 2.41. The number of rotatable bonds is 0. The number of pyridine rings is 1. The largest absolute Gasteiger partial charge is 0.356 e. The number of benzene rings is 1. The molecule has 22 heavy (non-hydrogen) atoms. The quantitative estimate of drug-likeness (QED) is 0.540. The fourth-order valence-corrected chi connectivity index (χ4v) is 3.35. The van der Waals surface area contributed by atoms with Gasteiger partial charge in [0.15, 0.2) is 0 Å². The Bertz CT molecular complexity index is 1060. The average molecular weight is 289 g/mol. The van der Waals surface area contributed by atoms with Crippen LogP contribution in [-0.4, -0.2) is 9.55 Å². The molecule has 0 unspecified atom stereocenters. The van der Waals surface area contributed by atoms with Crippen molar-refractivity contribution in [2.24, 2.45) is 0 Å². The van der Waals surface area contributed by atoms with Crippen LogP contribution in [0.1, 0.15) is 27.9 Å². The second kappa shape index (κ2) is 4.11. The third kappa shape index (κ3) is 1.48. The molecule has 1 aliphatic rings. The standard InChI is InChI=1S/C18H15N3O/c1-9-4-12-14(5-10(9)2)20-15-8-21-16(17(12)15)6-11(3)13(7-19)18(21)22/h4-6,20H,8H2,1-3H3. The first kappa shape index (κ1) is 12.9. The molecule has 1 aromatic carbocycles. The van der Waals surface area contributed by atoms with Crippen molar-refractivity contribution < 1.29 is 0 Å². The van der Waals surface area contributed by atoms with E-state index in [2.05, 4.69) is 31.0 Å². The summed E-state index contributed by atoms with van der Waals surface area (Å²) >= 11 is 0. The van der Waals surface area contributed by atoms with Gasteiger partial charge in [0.1, 0.15) is 11.6 Å². The molecular formula is C18H15N3O. The van der Waals surface area contributed by atoms with Gasteiger partial charge in [-0.3, -0.25) is 4.79 Å². The van der Waals surface area contributed by atoms with Crippen molar-refractivity contribution in [3.05, 3.63) is 56.5 Å². The van der Waals surface area contributed by atoms with Gasteiger partial charge in [-0.25, -0.2) is 0 Å². The fourth-order valence-electron chi connectivity index (χ4n) is 3.35. The van der Waals surface area contributed by atoms with Gasteiger partial charge in [-0.2, -0.15) is 5.26 Å². The summed E-state index contributed by atoms with van der Waals surface area (Å²) < 4.78 is 1.70. The number of hydrogen-bond acceptors (Lipinski definition) is 2. The molecule has 3 heterocycles.